The number of allylic oxidation sites excluding steroid dienone is 2. The quantitative estimate of drug-likeness (QED) is 0.154. The SMILES string of the molecule is Cc1cc(C)cc(-c2cccc3c2C=C(CC2C4CC5CC(C4)CC2C5)[CH]3[Zr]([CH3])([CH3])(=[SiH2])[CH]2C(CC3C4CC5CC(C4)CC3C5)=Cc3c(-c4cc(C)cc(C)c4)cccc32)c1.Cl.Cl. The summed E-state index contributed by atoms with van der Waals surface area (Å²) < 4.78 is 7.10. The van der Waals surface area contributed by atoms with E-state index in [9.17, 15) is 0 Å². The van der Waals surface area contributed by atoms with Crippen LogP contribution in [0.2, 0.25) is 9.26 Å². The summed E-state index contributed by atoms with van der Waals surface area (Å²) in [7, 11) is 0. The fourth-order valence-electron chi connectivity index (χ4n) is 17.7. The summed E-state index contributed by atoms with van der Waals surface area (Å²) >= 11 is -3.96. The molecule has 4 aromatic rings. The maximum absolute atomic E-state index is 3.96. The van der Waals surface area contributed by atoms with Gasteiger partial charge in [0.25, 0.3) is 0 Å². The second-order valence-electron chi connectivity index (χ2n) is 24.2. The van der Waals surface area contributed by atoms with Crippen molar-refractivity contribution in [3.8, 4) is 22.3 Å². The summed E-state index contributed by atoms with van der Waals surface area (Å²) in [6.07, 6.45) is 23.6. The van der Waals surface area contributed by atoms with Crippen LogP contribution in [0.15, 0.2) is 83.9 Å². The number of aryl methyl sites for hydroxylation is 4. The molecule has 4 aromatic carbocycles. The van der Waals surface area contributed by atoms with Gasteiger partial charge in [-0.25, -0.2) is 0 Å². The van der Waals surface area contributed by atoms with Gasteiger partial charge in [0.05, 0.1) is 0 Å². The minimum atomic E-state index is -3.96. The molecule has 326 valence electrons. The molecule has 10 aliphatic rings. The predicted octanol–water partition coefficient (Wildman–Crippen LogP) is 15.9. The van der Waals surface area contributed by atoms with Gasteiger partial charge < -0.3 is 0 Å². The van der Waals surface area contributed by atoms with Crippen LogP contribution < -0.4 is 0 Å². The number of halogens is 2. The number of rotatable bonds is 8. The number of hydrogen-bond donors (Lipinski definition) is 0. The summed E-state index contributed by atoms with van der Waals surface area (Å²) in [5.41, 5.74) is 21.6. The first kappa shape index (κ1) is 43.9. The number of hydrogen-bond acceptors (Lipinski definition) is 0. The summed E-state index contributed by atoms with van der Waals surface area (Å²) in [6, 6.07) is 29.7. The van der Waals surface area contributed by atoms with Gasteiger partial charge in [0.2, 0.25) is 0 Å². The van der Waals surface area contributed by atoms with Gasteiger partial charge in [-0.2, -0.15) is 0 Å². The van der Waals surface area contributed by atoms with Gasteiger partial charge in [-0.3, -0.25) is 0 Å². The molecule has 0 N–H and O–H groups in total. The minimum Gasteiger partial charge on any atom is -0.147 e. The van der Waals surface area contributed by atoms with Crippen LogP contribution in [0.3, 0.4) is 0 Å². The van der Waals surface area contributed by atoms with Crippen molar-refractivity contribution in [3.63, 3.8) is 0 Å². The van der Waals surface area contributed by atoms with Crippen LogP contribution in [0.1, 0.15) is 129 Å². The molecule has 0 saturated heterocycles. The van der Waals surface area contributed by atoms with E-state index in [-0.39, 0.29) is 24.8 Å². The maximum Gasteiger partial charge on any atom is -0.147 e. The third kappa shape index (κ3) is 7.19. The van der Waals surface area contributed by atoms with Gasteiger partial charge in [-0.1, -0.05) is 0 Å². The zero-order chi connectivity index (χ0) is 40.8. The predicted molar refractivity (Wildman–Crippen MR) is 269 cm³/mol. The molecule has 62 heavy (non-hydrogen) atoms. The Kier molecular flexibility index (Phi) is 11.2. The average Bonchev–Trinajstić information content (AvgIpc) is 3.76. The molecule has 8 fully saturated rings. The van der Waals surface area contributed by atoms with E-state index in [0.29, 0.717) is 7.25 Å². The van der Waals surface area contributed by atoms with Crippen molar-refractivity contribution in [1.29, 1.82) is 0 Å². The molecule has 10 aliphatic carbocycles. The van der Waals surface area contributed by atoms with E-state index in [1.807, 2.05) is 11.1 Å². The molecule has 0 aliphatic heterocycles. The van der Waals surface area contributed by atoms with Crippen molar-refractivity contribution < 1.29 is 17.4 Å². The minimum absolute atomic E-state index is 0. The number of benzene rings is 4. The zero-order valence-corrected chi connectivity index (χ0v) is 44.0. The van der Waals surface area contributed by atoms with Crippen LogP contribution in [0.25, 0.3) is 34.4 Å². The molecular weight excluding hydrogens is 887 g/mol. The topological polar surface area (TPSA) is 0 Å². The molecule has 0 amide bonds. The molecule has 8 bridgehead atoms. The normalized spacial score (nSPS) is 33.4. The molecule has 0 aromatic heterocycles. The molecule has 0 radical (unpaired) electrons. The molecule has 2 atom stereocenters. The molecule has 8 saturated carbocycles. The zero-order valence-electron chi connectivity index (χ0n) is 38.5. The molecule has 0 heterocycles. The fourth-order valence-corrected chi connectivity index (χ4v) is 37.5. The monoisotopic (exact) mass is 956 g/mol. The van der Waals surface area contributed by atoms with Crippen molar-refractivity contribution in [2.45, 2.75) is 121 Å². The fraction of sp³-hybridized carbons (Fsp3) is 0.517. The van der Waals surface area contributed by atoms with Gasteiger partial charge in [0.15, 0.2) is 0 Å². The van der Waals surface area contributed by atoms with Crippen molar-refractivity contribution in [2.24, 2.45) is 59.2 Å². The van der Waals surface area contributed by atoms with Gasteiger partial charge in [0, 0.05) is 0 Å². The Morgan fingerprint density at radius 2 is 0.790 bits per heavy atom. The standard InChI is InChI=1S/2C28H31.2CH3.2ClH.H2Si.Zr/c2*1-17-6-18(2)8-23(7-17)26-5-3-4-22-10-21(16-28(22)26)15-27-24-11-19-9-20(13-24)14-25(27)12-19;;;;;;/h2*3-8,10,16,19-20,24-25,27H,9,11-15H2,1-2H3;2*1H3;2*1H;1H2;. The van der Waals surface area contributed by atoms with Crippen LogP contribution in [0, 0.1) is 86.9 Å². The van der Waals surface area contributed by atoms with E-state index >= 15 is 0 Å². The Morgan fingerprint density at radius 3 is 1.11 bits per heavy atom. The van der Waals surface area contributed by atoms with Crippen molar-refractivity contribution in [1.82, 2.24) is 0 Å². The Labute approximate surface area is 389 Å². The van der Waals surface area contributed by atoms with E-state index in [4.69, 9.17) is 0 Å². The van der Waals surface area contributed by atoms with Crippen LogP contribution >= 0.6 is 24.8 Å². The Balaban J connectivity index is 0.00000229. The molecular formula is C58H72Cl2SiZr. The summed E-state index contributed by atoms with van der Waals surface area (Å²) in [6.45, 7) is 11.8. The number of fused-ring (bicyclic) bond motifs is 2. The van der Waals surface area contributed by atoms with Crippen LogP contribution in [0.5, 0.6) is 0 Å². The van der Waals surface area contributed by atoms with Crippen molar-refractivity contribution >= 4 is 43.8 Å². The maximum atomic E-state index is 2.97. The Bertz CT molecular complexity index is 2320. The second kappa shape index (κ2) is 15.8. The Hall–Kier alpha value is -1.96. The van der Waals surface area contributed by atoms with Crippen molar-refractivity contribution in [3.05, 3.63) is 128 Å². The average molecular weight is 959 g/mol. The van der Waals surface area contributed by atoms with E-state index in [1.54, 1.807) is 35.1 Å². The molecule has 4 heteroatoms. The second-order valence-corrected chi connectivity index (χ2v) is 54.7. The van der Waals surface area contributed by atoms with E-state index < -0.39 is 17.4 Å². The van der Waals surface area contributed by atoms with E-state index in [1.165, 1.54) is 109 Å². The first-order valence-corrected chi connectivity index (χ1v) is 38.4. The van der Waals surface area contributed by atoms with Crippen LogP contribution in [0.4, 0.5) is 0 Å². The first-order chi connectivity index (χ1) is 28.8. The molecule has 14 rings (SSSR count). The Morgan fingerprint density at radius 1 is 0.468 bits per heavy atom. The molecule has 2 unspecified atom stereocenters. The molecule has 0 nitrogen and oxygen atoms in total. The van der Waals surface area contributed by atoms with Crippen LogP contribution in [-0.4, -0.2) is 6.88 Å². The summed E-state index contributed by atoms with van der Waals surface area (Å²) in [5.74, 6) is 9.71. The van der Waals surface area contributed by atoms with Gasteiger partial charge in [0.1, 0.15) is 0 Å². The smallest absolute Gasteiger partial charge is 0.147 e. The summed E-state index contributed by atoms with van der Waals surface area (Å²) in [5, 5.41) is 0. The third-order valence-corrected chi connectivity index (χ3v) is 36.6. The van der Waals surface area contributed by atoms with Gasteiger partial charge in [-0.15, -0.1) is 24.8 Å². The molecule has 0 spiro atoms. The largest absolute Gasteiger partial charge is 0.147 e. The third-order valence-electron chi connectivity index (χ3n) is 19.1. The van der Waals surface area contributed by atoms with Gasteiger partial charge >= 0.3 is 368 Å². The van der Waals surface area contributed by atoms with E-state index in [0.717, 1.165) is 59.2 Å². The van der Waals surface area contributed by atoms with Crippen LogP contribution in [-0.2, 0) is 17.4 Å². The van der Waals surface area contributed by atoms with Crippen molar-refractivity contribution in [2.75, 3.05) is 0 Å². The first-order valence-electron chi connectivity index (χ1n) is 24.7. The van der Waals surface area contributed by atoms with Gasteiger partial charge in [-0.05, 0) is 0 Å². The summed E-state index contributed by atoms with van der Waals surface area (Å²) in [4.78, 5) is 0. The van der Waals surface area contributed by atoms with E-state index in [2.05, 4.69) is 129 Å².